The second kappa shape index (κ2) is 11.0. The monoisotopic (exact) mass is 394 g/mol. The first kappa shape index (κ1) is 20.6. The molecular formula is C20H34N4O2S. The van der Waals surface area contributed by atoms with Gasteiger partial charge in [-0.25, -0.2) is 4.98 Å². The van der Waals surface area contributed by atoms with Crippen LogP contribution in [-0.4, -0.2) is 67.4 Å². The van der Waals surface area contributed by atoms with Crippen molar-refractivity contribution in [1.82, 2.24) is 15.2 Å². The Morgan fingerprint density at radius 2 is 2.22 bits per heavy atom. The number of aliphatic imine (C=N–C) groups is 1. The molecule has 3 rings (SSSR count). The Morgan fingerprint density at radius 3 is 2.89 bits per heavy atom. The third-order valence-electron chi connectivity index (χ3n) is 5.16. The molecule has 3 heterocycles. The van der Waals surface area contributed by atoms with Crippen LogP contribution in [0.3, 0.4) is 0 Å². The molecule has 2 saturated heterocycles. The SMILES string of the molecule is CCNC(=NCCc1csc(C)n1)N1CCC(OCC2CCCCO2)CC1. The molecule has 1 aromatic rings. The van der Waals surface area contributed by atoms with Gasteiger partial charge in [0.25, 0.3) is 0 Å². The zero-order valence-electron chi connectivity index (χ0n) is 16.8. The molecule has 0 spiro atoms. The standard InChI is InChI=1S/C20H34N4O2S/c1-3-21-20(22-10-7-17-15-27-16(2)23-17)24-11-8-18(9-12-24)26-14-19-6-4-5-13-25-19/h15,18-19H,3-14H2,1-2H3,(H,21,22). The van der Waals surface area contributed by atoms with E-state index in [0.29, 0.717) is 12.2 Å². The van der Waals surface area contributed by atoms with Crippen LogP contribution >= 0.6 is 11.3 Å². The van der Waals surface area contributed by atoms with E-state index in [1.54, 1.807) is 11.3 Å². The zero-order chi connectivity index (χ0) is 18.9. The summed E-state index contributed by atoms with van der Waals surface area (Å²) in [5.41, 5.74) is 1.15. The minimum absolute atomic E-state index is 0.310. The van der Waals surface area contributed by atoms with Crippen molar-refractivity contribution in [2.45, 2.75) is 64.6 Å². The van der Waals surface area contributed by atoms with Crippen LogP contribution in [0, 0.1) is 6.92 Å². The minimum atomic E-state index is 0.310. The van der Waals surface area contributed by atoms with Crippen LogP contribution in [0.5, 0.6) is 0 Å². The predicted molar refractivity (Wildman–Crippen MR) is 111 cm³/mol. The summed E-state index contributed by atoms with van der Waals surface area (Å²) >= 11 is 1.71. The van der Waals surface area contributed by atoms with Crippen molar-refractivity contribution in [1.29, 1.82) is 0 Å². The van der Waals surface area contributed by atoms with Crippen molar-refractivity contribution in [2.24, 2.45) is 4.99 Å². The van der Waals surface area contributed by atoms with E-state index >= 15 is 0 Å². The first-order chi connectivity index (χ1) is 13.2. The van der Waals surface area contributed by atoms with Crippen molar-refractivity contribution in [3.8, 4) is 0 Å². The molecule has 27 heavy (non-hydrogen) atoms. The summed E-state index contributed by atoms with van der Waals surface area (Å²) < 4.78 is 11.9. The number of thiazole rings is 1. The number of rotatable bonds is 7. The number of nitrogens with one attached hydrogen (secondary N) is 1. The normalized spacial score (nSPS) is 22.2. The summed E-state index contributed by atoms with van der Waals surface area (Å²) in [6.45, 7) is 9.50. The number of aromatic nitrogens is 1. The topological polar surface area (TPSA) is 59.0 Å². The number of guanidine groups is 1. The molecule has 0 saturated carbocycles. The van der Waals surface area contributed by atoms with Gasteiger partial charge in [0.1, 0.15) is 0 Å². The number of nitrogens with zero attached hydrogens (tertiary/aromatic N) is 3. The predicted octanol–water partition coefficient (Wildman–Crippen LogP) is 3.01. The lowest BCUT2D eigenvalue weighted by Crippen LogP contribution is -2.47. The fraction of sp³-hybridized carbons (Fsp3) is 0.800. The van der Waals surface area contributed by atoms with Crippen molar-refractivity contribution in [3.63, 3.8) is 0 Å². The average molecular weight is 395 g/mol. The number of hydrogen-bond donors (Lipinski definition) is 1. The largest absolute Gasteiger partial charge is 0.376 e. The Bertz CT molecular complexity index is 578. The number of ether oxygens (including phenoxy) is 2. The van der Waals surface area contributed by atoms with Gasteiger partial charge in [-0.15, -0.1) is 11.3 Å². The van der Waals surface area contributed by atoms with Gasteiger partial charge in [-0.1, -0.05) is 0 Å². The molecular weight excluding hydrogens is 360 g/mol. The van der Waals surface area contributed by atoms with Gasteiger partial charge in [0, 0.05) is 44.6 Å². The fourth-order valence-electron chi connectivity index (χ4n) is 3.64. The molecule has 0 amide bonds. The first-order valence-electron chi connectivity index (χ1n) is 10.4. The number of piperidine rings is 1. The van der Waals surface area contributed by atoms with Gasteiger partial charge in [0.05, 0.1) is 29.5 Å². The summed E-state index contributed by atoms with van der Waals surface area (Å²) in [6.07, 6.45) is 7.30. The Hall–Kier alpha value is -1.18. The van der Waals surface area contributed by atoms with E-state index in [0.717, 1.165) is 81.7 Å². The summed E-state index contributed by atoms with van der Waals surface area (Å²) in [4.78, 5) is 11.7. The maximum absolute atomic E-state index is 6.13. The van der Waals surface area contributed by atoms with Gasteiger partial charge in [0.2, 0.25) is 0 Å². The summed E-state index contributed by atoms with van der Waals surface area (Å²) in [7, 11) is 0. The van der Waals surface area contributed by atoms with Crippen molar-refractivity contribution in [3.05, 3.63) is 16.1 Å². The lowest BCUT2D eigenvalue weighted by Gasteiger charge is -2.35. The minimum Gasteiger partial charge on any atom is -0.376 e. The van der Waals surface area contributed by atoms with E-state index in [1.165, 1.54) is 12.8 Å². The second-order valence-electron chi connectivity index (χ2n) is 7.35. The molecule has 0 bridgehead atoms. The molecule has 1 atom stereocenters. The van der Waals surface area contributed by atoms with E-state index in [9.17, 15) is 0 Å². The molecule has 1 aromatic heterocycles. The van der Waals surface area contributed by atoms with Gasteiger partial charge >= 0.3 is 0 Å². The molecule has 6 nitrogen and oxygen atoms in total. The summed E-state index contributed by atoms with van der Waals surface area (Å²) in [5, 5.41) is 6.70. The lowest BCUT2D eigenvalue weighted by atomic mass is 10.1. The van der Waals surface area contributed by atoms with Gasteiger partial charge in [-0.2, -0.15) is 0 Å². The second-order valence-corrected chi connectivity index (χ2v) is 8.41. The lowest BCUT2D eigenvalue weighted by molar-refractivity contribution is -0.0721. The van der Waals surface area contributed by atoms with Crippen molar-refractivity contribution in [2.75, 3.05) is 39.4 Å². The van der Waals surface area contributed by atoms with Gasteiger partial charge in [0.15, 0.2) is 5.96 Å². The number of aryl methyl sites for hydroxylation is 1. The Morgan fingerprint density at radius 1 is 1.37 bits per heavy atom. The maximum Gasteiger partial charge on any atom is 0.193 e. The van der Waals surface area contributed by atoms with Crippen LogP contribution < -0.4 is 5.32 Å². The highest BCUT2D eigenvalue weighted by molar-refractivity contribution is 7.09. The number of likely N-dealkylation sites (tertiary alicyclic amines) is 1. The molecule has 2 fully saturated rings. The highest BCUT2D eigenvalue weighted by atomic mass is 32.1. The smallest absolute Gasteiger partial charge is 0.193 e. The van der Waals surface area contributed by atoms with Crippen LogP contribution in [-0.2, 0) is 15.9 Å². The Labute approximate surface area is 167 Å². The highest BCUT2D eigenvalue weighted by Crippen LogP contribution is 2.18. The van der Waals surface area contributed by atoms with Crippen LogP contribution in [0.4, 0.5) is 0 Å². The first-order valence-corrected chi connectivity index (χ1v) is 11.3. The maximum atomic E-state index is 6.13. The van der Waals surface area contributed by atoms with Gasteiger partial charge in [-0.05, 0) is 46.0 Å². The molecule has 0 radical (unpaired) electrons. The van der Waals surface area contributed by atoms with Gasteiger partial charge in [-0.3, -0.25) is 4.99 Å². The van der Waals surface area contributed by atoms with E-state index < -0.39 is 0 Å². The van der Waals surface area contributed by atoms with Crippen LogP contribution in [0.1, 0.15) is 49.7 Å². The third kappa shape index (κ3) is 6.73. The van der Waals surface area contributed by atoms with Gasteiger partial charge < -0.3 is 19.7 Å². The van der Waals surface area contributed by atoms with E-state index in [2.05, 4.69) is 27.5 Å². The van der Waals surface area contributed by atoms with Crippen LogP contribution in [0.25, 0.3) is 0 Å². The third-order valence-corrected chi connectivity index (χ3v) is 5.99. The Kier molecular flexibility index (Phi) is 8.35. The quantitative estimate of drug-likeness (QED) is 0.569. The average Bonchev–Trinajstić information content (AvgIpc) is 3.12. The molecule has 152 valence electrons. The van der Waals surface area contributed by atoms with Crippen molar-refractivity contribution >= 4 is 17.3 Å². The van der Waals surface area contributed by atoms with Crippen LogP contribution in [0.2, 0.25) is 0 Å². The van der Waals surface area contributed by atoms with Crippen molar-refractivity contribution < 1.29 is 9.47 Å². The summed E-state index contributed by atoms with van der Waals surface area (Å²) in [6, 6.07) is 0. The molecule has 0 aliphatic carbocycles. The molecule has 2 aliphatic rings. The molecule has 1 N–H and O–H groups in total. The molecule has 0 aromatic carbocycles. The molecule has 1 unspecified atom stereocenters. The van der Waals surface area contributed by atoms with E-state index in [1.807, 2.05) is 6.92 Å². The summed E-state index contributed by atoms with van der Waals surface area (Å²) in [5.74, 6) is 1.03. The number of hydrogen-bond acceptors (Lipinski definition) is 5. The van der Waals surface area contributed by atoms with E-state index in [4.69, 9.17) is 14.5 Å². The fourth-order valence-corrected chi connectivity index (χ4v) is 4.29. The highest BCUT2D eigenvalue weighted by Gasteiger charge is 2.23. The van der Waals surface area contributed by atoms with Crippen LogP contribution in [0.15, 0.2) is 10.4 Å². The zero-order valence-corrected chi connectivity index (χ0v) is 17.6. The Balaban J connectivity index is 1.41. The molecule has 2 aliphatic heterocycles. The van der Waals surface area contributed by atoms with E-state index in [-0.39, 0.29) is 0 Å². The molecule has 7 heteroatoms.